The molecule has 0 spiro atoms. The van der Waals surface area contributed by atoms with Crippen molar-refractivity contribution in [2.45, 2.75) is 20.3 Å². The minimum Gasteiger partial charge on any atom is -0.454 e. The molecule has 1 fully saturated rings. The largest absolute Gasteiger partial charge is 0.454 e. The Morgan fingerprint density at radius 3 is 2.53 bits per heavy atom. The number of allylic oxidation sites excluding steroid dienone is 2. The summed E-state index contributed by atoms with van der Waals surface area (Å²) in [6.07, 6.45) is 4.46. The quantitative estimate of drug-likeness (QED) is 0.0567. The molecule has 1 aliphatic heterocycles. The average Bonchev–Trinajstić information content (AvgIpc) is 3.29. The maximum absolute atomic E-state index is 13.3. The van der Waals surface area contributed by atoms with Crippen LogP contribution in [0.15, 0.2) is 78.9 Å². The van der Waals surface area contributed by atoms with Crippen LogP contribution in [0.1, 0.15) is 39.6 Å². The van der Waals surface area contributed by atoms with Gasteiger partial charge in [-0.3, -0.25) is 29.4 Å². The number of esters is 1. The number of amides is 2. The monoisotopic (exact) mass is 623 g/mol. The molecule has 1 aromatic heterocycles. The number of benzene rings is 3. The number of anilines is 1. The number of hydrogen-bond acceptors (Lipinski definition) is 8. The summed E-state index contributed by atoms with van der Waals surface area (Å²) in [4.78, 5) is 69.1. The Labute approximate surface area is 262 Å². The third-order valence-electron chi connectivity index (χ3n) is 8.37. The first kappa shape index (κ1) is 29.8. The van der Waals surface area contributed by atoms with Gasteiger partial charge >= 0.3 is 5.97 Å². The van der Waals surface area contributed by atoms with Crippen LogP contribution >= 0.6 is 11.6 Å². The van der Waals surface area contributed by atoms with Gasteiger partial charge in [0.25, 0.3) is 5.69 Å². The molecule has 2 heterocycles. The number of aromatic nitrogens is 1. The van der Waals surface area contributed by atoms with Crippen molar-refractivity contribution in [2.75, 3.05) is 11.5 Å². The van der Waals surface area contributed by atoms with Gasteiger partial charge in [-0.25, -0.2) is 9.78 Å². The van der Waals surface area contributed by atoms with E-state index in [1.54, 1.807) is 49.4 Å². The van der Waals surface area contributed by atoms with Crippen LogP contribution < -0.4 is 4.90 Å². The van der Waals surface area contributed by atoms with Crippen molar-refractivity contribution in [3.63, 3.8) is 0 Å². The number of imide groups is 1. The Morgan fingerprint density at radius 2 is 1.82 bits per heavy atom. The number of carbonyl (C=O) groups excluding carboxylic acids is 4. The lowest BCUT2D eigenvalue weighted by Crippen LogP contribution is -2.31. The van der Waals surface area contributed by atoms with Crippen LogP contribution in [0.25, 0.3) is 22.2 Å². The number of nitrogens with zero attached hydrogens (tertiary/aromatic N) is 3. The highest BCUT2D eigenvalue weighted by Crippen LogP contribution is 2.41. The average molecular weight is 624 g/mol. The molecule has 45 heavy (non-hydrogen) atoms. The Bertz CT molecular complexity index is 1950. The molecule has 0 bridgehead atoms. The summed E-state index contributed by atoms with van der Waals surface area (Å²) < 4.78 is 5.36. The van der Waals surface area contributed by atoms with Gasteiger partial charge in [-0.15, -0.1) is 0 Å². The summed E-state index contributed by atoms with van der Waals surface area (Å²) in [5.41, 5.74) is 2.10. The van der Waals surface area contributed by atoms with E-state index in [0.29, 0.717) is 44.9 Å². The lowest BCUT2D eigenvalue weighted by atomic mass is 9.78. The summed E-state index contributed by atoms with van der Waals surface area (Å²) in [7, 11) is 0. The number of carbonyl (C=O) groups is 4. The summed E-state index contributed by atoms with van der Waals surface area (Å²) in [5.74, 6) is -2.63. The maximum atomic E-state index is 13.3. The third kappa shape index (κ3) is 5.38. The van der Waals surface area contributed by atoms with Crippen molar-refractivity contribution in [3.8, 4) is 11.3 Å². The molecule has 11 heteroatoms. The fourth-order valence-electron chi connectivity index (χ4n) is 5.99. The number of halogens is 1. The molecule has 0 saturated carbocycles. The zero-order chi connectivity index (χ0) is 32.0. The number of hydrogen-bond donors (Lipinski definition) is 0. The molecule has 1 aliphatic carbocycles. The van der Waals surface area contributed by atoms with E-state index in [1.165, 1.54) is 23.1 Å². The second-order valence-corrected chi connectivity index (χ2v) is 11.6. The zero-order valence-electron chi connectivity index (χ0n) is 24.2. The summed E-state index contributed by atoms with van der Waals surface area (Å²) >= 11 is 6.46. The van der Waals surface area contributed by atoms with Gasteiger partial charge < -0.3 is 4.74 Å². The van der Waals surface area contributed by atoms with Gasteiger partial charge in [-0.05, 0) is 43.5 Å². The van der Waals surface area contributed by atoms with Gasteiger partial charge in [0.1, 0.15) is 0 Å². The highest BCUT2D eigenvalue weighted by atomic mass is 35.5. The Kier molecular flexibility index (Phi) is 7.76. The SMILES string of the molecule is Cc1ccc(C(=O)COC(=O)c2cc(-c3ccc(N4C(=O)C5CC=CC(C)C5C4=O)cc3)nc3c(Cl)cccc23)cc1[N+](=O)[O-]. The second kappa shape index (κ2) is 11.7. The fraction of sp³-hybridized carbons (Fsp3) is 0.206. The second-order valence-electron chi connectivity index (χ2n) is 11.2. The molecule has 10 nitrogen and oxygen atoms in total. The standard InChI is InChI=1S/C34H26ClN3O7/c1-18-9-10-21(15-28(18)38(43)44)29(39)17-45-34(42)25-16-27(36-31-23(25)6-4-8-26(31)35)20-11-13-22(14-12-20)37-32(40)24-7-3-5-19(2)30(24)33(37)41/h3-6,8-16,19,24,30H,7,17H2,1-2H3. The van der Waals surface area contributed by atoms with Crippen LogP contribution in [-0.4, -0.2) is 40.1 Å². The highest BCUT2D eigenvalue weighted by molar-refractivity contribution is 6.35. The summed E-state index contributed by atoms with van der Waals surface area (Å²) in [5, 5.41) is 12.0. The van der Waals surface area contributed by atoms with Gasteiger partial charge in [-0.2, -0.15) is 0 Å². The van der Waals surface area contributed by atoms with E-state index in [4.69, 9.17) is 16.3 Å². The summed E-state index contributed by atoms with van der Waals surface area (Å²) in [6, 6.07) is 17.3. The van der Waals surface area contributed by atoms with Gasteiger partial charge in [0.05, 0.1) is 44.2 Å². The Balaban J connectivity index is 1.27. The molecule has 2 amide bonds. The number of fused-ring (bicyclic) bond motifs is 2. The number of para-hydroxylation sites is 1. The first-order valence-electron chi connectivity index (χ1n) is 14.2. The molecule has 3 atom stereocenters. The topological polar surface area (TPSA) is 137 Å². The number of rotatable bonds is 7. The van der Waals surface area contributed by atoms with Crippen molar-refractivity contribution >= 4 is 57.4 Å². The predicted molar refractivity (Wildman–Crippen MR) is 167 cm³/mol. The minimum atomic E-state index is -0.809. The van der Waals surface area contributed by atoms with Gasteiger partial charge in [0.2, 0.25) is 17.6 Å². The van der Waals surface area contributed by atoms with Crippen LogP contribution in [0.2, 0.25) is 5.02 Å². The van der Waals surface area contributed by atoms with E-state index in [-0.39, 0.29) is 46.4 Å². The first-order chi connectivity index (χ1) is 21.5. The number of Topliss-reactive ketones (excluding diaryl/α,β-unsaturated/α-hetero) is 1. The van der Waals surface area contributed by atoms with Gasteiger partial charge in [0.15, 0.2) is 6.61 Å². The lowest BCUT2D eigenvalue weighted by molar-refractivity contribution is -0.385. The van der Waals surface area contributed by atoms with Crippen LogP contribution in [0, 0.1) is 34.8 Å². The van der Waals surface area contributed by atoms with Crippen molar-refractivity contribution < 1.29 is 28.8 Å². The fourth-order valence-corrected chi connectivity index (χ4v) is 6.20. The smallest absolute Gasteiger partial charge is 0.339 e. The number of pyridine rings is 1. The minimum absolute atomic E-state index is 0.0279. The van der Waals surface area contributed by atoms with E-state index in [9.17, 15) is 29.3 Å². The molecule has 0 radical (unpaired) electrons. The van der Waals surface area contributed by atoms with Gasteiger partial charge in [-0.1, -0.05) is 67.1 Å². The Morgan fingerprint density at radius 1 is 1.07 bits per heavy atom. The van der Waals surface area contributed by atoms with Crippen LogP contribution in [0.4, 0.5) is 11.4 Å². The first-order valence-corrected chi connectivity index (χ1v) is 14.6. The molecule has 4 aromatic rings. The highest BCUT2D eigenvalue weighted by Gasteiger charge is 2.50. The molecule has 3 unspecified atom stereocenters. The lowest BCUT2D eigenvalue weighted by Gasteiger charge is -2.22. The van der Waals surface area contributed by atoms with E-state index < -0.39 is 23.3 Å². The molecule has 0 N–H and O–H groups in total. The van der Waals surface area contributed by atoms with E-state index in [2.05, 4.69) is 4.98 Å². The normalized spacial score (nSPS) is 19.1. The molecule has 6 rings (SSSR count). The molecule has 1 saturated heterocycles. The van der Waals surface area contributed by atoms with Crippen LogP contribution in [0.5, 0.6) is 0 Å². The molecule has 226 valence electrons. The number of ketones is 1. The molecule has 3 aromatic carbocycles. The summed E-state index contributed by atoms with van der Waals surface area (Å²) in [6.45, 7) is 2.86. The number of nitro groups is 1. The van der Waals surface area contributed by atoms with Crippen molar-refractivity contribution in [1.82, 2.24) is 4.98 Å². The van der Waals surface area contributed by atoms with Crippen LogP contribution in [-0.2, 0) is 14.3 Å². The number of ether oxygens (including phenoxy) is 1. The van der Waals surface area contributed by atoms with E-state index in [0.717, 1.165) is 6.07 Å². The van der Waals surface area contributed by atoms with Crippen molar-refractivity contribution in [3.05, 3.63) is 111 Å². The third-order valence-corrected chi connectivity index (χ3v) is 8.67. The predicted octanol–water partition coefficient (Wildman–Crippen LogP) is 6.51. The zero-order valence-corrected chi connectivity index (χ0v) is 25.0. The maximum Gasteiger partial charge on any atom is 0.339 e. The number of aryl methyl sites for hydroxylation is 1. The molecule has 2 aliphatic rings. The van der Waals surface area contributed by atoms with E-state index >= 15 is 0 Å². The van der Waals surface area contributed by atoms with Gasteiger partial charge in [0, 0.05) is 28.1 Å². The Hall–Kier alpha value is -5.22. The molecular weight excluding hydrogens is 598 g/mol. The van der Waals surface area contributed by atoms with E-state index in [1.807, 2.05) is 19.1 Å². The van der Waals surface area contributed by atoms with Crippen molar-refractivity contribution in [1.29, 1.82) is 0 Å². The number of nitro benzene ring substituents is 1. The van der Waals surface area contributed by atoms with Crippen molar-refractivity contribution in [2.24, 2.45) is 17.8 Å². The molecular formula is C34H26ClN3O7. The van der Waals surface area contributed by atoms with Crippen LogP contribution in [0.3, 0.4) is 0 Å².